The van der Waals surface area contributed by atoms with Gasteiger partial charge in [-0.1, -0.05) is 36.4 Å². The van der Waals surface area contributed by atoms with Crippen LogP contribution in [0.1, 0.15) is 12.5 Å². The molecule has 0 aliphatic carbocycles. The van der Waals surface area contributed by atoms with E-state index < -0.39 is 4.92 Å². The van der Waals surface area contributed by atoms with Crippen molar-refractivity contribution in [2.24, 2.45) is 0 Å². The number of anilines is 3. The molecule has 0 fully saturated rings. The van der Waals surface area contributed by atoms with Crippen LogP contribution in [0.4, 0.5) is 23.1 Å². The number of nitrogens with one attached hydrogen (secondary N) is 2. The van der Waals surface area contributed by atoms with Gasteiger partial charge in [0.1, 0.15) is 5.82 Å². The SMILES string of the molecule is Cc1c(Nc2cc(-c3ccccc3)nc(N[C@@H](C)CO)n2)cccc1[N+](=O)[O-]. The molecule has 2 aromatic carbocycles. The molecule has 0 bridgehead atoms. The molecular formula is C20H21N5O3. The Labute approximate surface area is 162 Å². The molecule has 3 N–H and O–H groups in total. The van der Waals surface area contributed by atoms with Gasteiger partial charge in [0.05, 0.1) is 22.8 Å². The first-order chi connectivity index (χ1) is 13.5. The fourth-order valence-electron chi connectivity index (χ4n) is 2.69. The average molecular weight is 379 g/mol. The van der Waals surface area contributed by atoms with E-state index in [1.807, 2.05) is 37.3 Å². The lowest BCUT2D eigenvalue weighted by molar-refractivity contribution is -0.385. The predicted octanol–water partition coefficient (Wildman–Crippen LogP) is 3.90. The zero-order valence-electron chi connectivity index (χ0n) is 15.6. The quantitative estimate of drug-likeness (QED) is 0.421. The van der Waals surface area contributed by atoms with Crippen molar-refractivity contribution < 1.29 is 10.0 Å². The fourth-order valence-corrected chi connectivity index (χ4v) is 2.69. The number of aliphatic hydroxyl groups excluding tert-OH is 1. The van der Waals surface area contributed by atoms with Gasteiger partial charge in [0.25, 0.3) is 5.69 Å². The van der Waals surface area contributed by atoms with Crippen molar-refractivity contribution in [2.75, 3.05) is 17.2 Å². The molecule has 1 aromatic heterocycles. The molecule has 0 saturated carbocycles. The molecule has 8 heteroatoms. The smallest absolute Gasteiger partial charge is 0.274 e. The van der Waals surface area contributed by atoms with E-state index in [0.717, 1.165) is 5.56 Å². The number of nitrogens with zero attached hydrogens (tertiary/aromatic N) is 3. The summed E-state index contributed by atoms with van der Waals surface area (Å²) in [5.74, 6) is 0.846. The van der Waals surface area contributed by atoms with Gasteiger partial charge in [0.15, 0.2) is 0 Å². The van der Waals surface area contributed by atoms with Gasteiger partial charge < -0.3 is 15.7 Å². The molecule has 1 heterocycles. The molecule has 28 heavy (non-hydrogen) atoms. The summed E-state index contributed by atoms with van der Waals surface area (Å²) in [6.45, 7) is 3.44. The van der Waals surface area contributed by atoms with Gasteiger partial charge in [0.2, 0.25) is 5.95 Å². The van der Waals surface area contributed by atoms with Gasteiger partial charge in [-0.15, -0.1) is 0 Å². The van der Waals surface area contributed by atoms with Crippen LogP contribution in [0.15, 0.2) is 54.6 Å². The Morgan fingerprint density at radius 3 is 2.57 bits per heavy atom. The number of aliphatic hydroxyl groups is 1. The normalized spacial score (nSPS) is 11.7. The van der Waals surface area contributed by atoms with Crippen LogP contribution in [0, 0.1) is 17.0 Å². The van der Waals surface area contributed by atoms with Gasteiger partial charge in [-0.2, -0.15) is 4.98 Å². The van der Waals surface area contributed by atoms with Crippen molar-refractivity contribution in [3.05, 3.63) is 70.3 Å². The van der Waals surface area contributed by atoms with E-state index in [1.165, 1.54) is 6.07 Å². The topological polar surface area (TPSA) is 113 Å². The summed E-state index contributed by atoms with van der Waals surface area (Å²) in [5, 5.41) is 26.7. The lowest BCUT2D eigenvalue weighted by Crippen LogP contribution is -2.21. The summed E-state index contributed by atoms with van der Waals surface area (Å²) >= 11 is 0. The third kappa shape index (κ3) is 4.41. The molecule has 3 rings (SSSR count). The number of benzene rings is 2. The number of aromatic nitrogens is 2. The van der Waals surface area contributed by atoms with Crippen LogP contribution in [0.3, 0.4) is 0 Å². The summed E-state index contributed by atoms with van der Waals surface area (Å²) in [6, 6.07) is 16.0. The minimum Gasteiger partial charge on any atom is -0.394 e. The molecular weight excluding hydrogens is 358 g/mol. The molecule has 3 aromatic rings. The lowest BCUT2D eigenvalue weighted by Gasteiger charge is -2.15. The molecule has 0 spiro atoms. The van der Waals surface area contributed by atoms with E-state index in [2.05, 4.69) is 20.6 Å². The molecule has 144 valence electrons. The van der Waals surface area contributed by atoms with E-state index in [4.69, 9.17) is 0 Å². The Balaban J connectivity index is 2.01. The van der Waals surface area contributed by atoms with E-state index in [9.17, 15) is 15.2 Å². The van der Waals surface area contributed by atoms with Crippen molar-refractivity contribution in [3.8, 4) is 11.3 Å². The van der Waals surface area contributed by atoms with Gasteiger partial charge in [0, 0.05) is 29.4 Å². The van der Waals surface area contributed by atoms with Gasteiger partial charge in [-0.25, -0.2) is 4.98 Å². The minimum atomic E-state index is -0.411. The lowest BCUT2D eigenvalue weighted by atomic mass is 10.1. The third-order valence-corrected chi connectivity index (χ3v) is 4.21. The number of rotatable bonds is 7. The number of hydrogen-bond acceptors (Lipinski definition) is 7. The Bertz CT molecular complexity index is 979. The van der Waals surface area contributed by atoms with Crippen molar-refractivity contribution in [3.63, 3.8) is 0 Å². The number of nitro groups is 1. The van der Waals surface area contributed by atoms with E-state index in [-0.39, 0.29) is 18.3 Å². The Kier molecular flexibility index (Phi) is 5.81. The maximum absolute atomic E-state index is 11.2. The van der Waals surface area contributed by atoms with Gasteiger partial charge in [-0.3, -0.25) is 10.1 Å². The van der Waals surface area contributed by atoms with E-state index in [1.54, 1.807) is 25.1 Å². The fraction of sp³-hybridized carbons (Fsp3) is 0.200. The largest absolute Gasteiger partial charge is 0.394 e. The van der Waals surface area contributed by atoms with Crippen LogP contribution in [-0.4, -0.2) is 32.6 Å². The number of nitro benzene ring substituents is 1. The summed E-state index contributed by atoms with van der Waals surface area (Å²) in [7, 11) is 0. The monoisotopic (exact) mass is 379 g/mol. The summed E-state index contributed by atoms with van der Waals surface area (Å²) in [4.78, 5) is 19.7. The maximum Gasteiger partial charge on any atom is 0.274 e. The predicted molar refractivity (Wildman–Crippen MR) is 109 cm³/mol. The van der Waals surface area contributed by atoms with Crippen molar-refractivity contribution in [1.82, 2.24) is 9.97 Å². The molecule has 0 amide bonds. The summed E-state index contributed by atoms with van der Waals surface area (Å²) < 4.78 is 0. The highest BCUT2D eigenvalue weighted by Crippen LogP contribution is 2.29. The second-order valence-corrected chi connectivity index (χ2v) is 6.39. The van der Waals surface area contributed by atoms with Crippen LogP contribution in [0.25, 0.3) is 11.3 Å². The highest BCUT2D eigenvalue weighted by atomic mass is 16.6. The van der Waals surface area contributed by atoms with E-state index in [0.29, 0.717) is 28.7 Å². The van der Waals surface area contributed by atoms with Crippen LogP contribution >= 0.6 is 0 Å². The molecule has 0 saturated heterocycles. The Hall–Kier alpha value is -3.52. The first-order valence-electron chi connectivity index (χ1n) is 8.81. The standard InChI is InChI=1S/C20H21N5O3/c1-13(12-26)21-20-23-17(15-7-4-3-5-8-15)11-19(24-20)22-16-9-6-10-18(14(16)2)25(27)28/h3-11,13,26H,12H2,1-2H3,(H2,21,22,23,24)/t13-/m0/s1. The maximum atomic E-state index is 11.2. The molecule has 0 unspecified atom stereocenters. The van der Waals surface area contributed by atoms with Crippen molar-refractivity contribution in [2.45, 2.75) is 19.9 Å². The summed E-state index contributed by atoms with van der Waals surface area (Å²) in [5.41, 5.74) is 2.74. The van der Waals surface area contributed by atoms with Crippen LogP contribution in [0.2, 0.25) is 0 Å². The van der Waals surface area contributed by atoms with Gasteiger partial charge >= 0.3 is 0 Å². The average Bonchev–Trinajstić information content (AvgIpc) is 2.69. The Morgan fingerprint density at radius 2 is 1.89 bits per heavy atom. The number of hydrogen-bond donors (Lipinski definition) is 3. The zero-order valence-corrected chi connectivity index (χ0v) is 15.6. The molecule has 0 aliphatic rings. The highest BCUT2D eigenvalue weighted by molar-refractivity contribution is 5.70. The van der Waals surface area contributed by atoms with Gasteiger partial charge in [-0.05, 0) is 19.9 Å². The summed E-state index contributed by atoms with van der Waals surface area (Å²) in [6.07, 6.45) is 0. The van der Waals surface area contributed by atoms with Crippen molar-refractivity contribution in [1.29, 1.82) is 0 Å². The van der Waals surface area contributed by atoms with Crippen LogP contribution in [0.5, 0.6) is 0 Å². The second-order valence-electron chi connectivity index (χ2n) is 6.39. The second kappa shape index (κ2) is 8.45. The zero-order chi connectivity index (χ0) is 20.1. The first kappa shape index (κ1) is 19.2. The molecule has 8 nitrogen and oxygen atoms in total. The van der Waals surface area contributed by atoms with E-state index >= 15 is 0 Å². The molecule has 0 aliphatic heterocycles. The van der Waals surface area contributed by atoms with Crippen LogP contribution < -0.4 is 10.6 Å². The first-order valence-corrected chi connectivity index (χ1v) is 8.81. The third-order valence-electron chi connectivity index (χ3n) is 4.21. The minimum absolute atomic E-state index is 0.0367. The van der Waals surface area contributed by atoms with Crippen LogP contribution in [-0.2, 0) is 0 Å². The Morgan fingerprint density at radius 1 is 1.14 bits per heavy atom. The van der Waals surface area contributed by atoms with Crippen molar-refractivity contribution >= 4 is 23.1 Å². The molecule has 1 atom stereocenters. The molecule has 0 radical (unpaired) electrons. The highest BCUT2D eigenvalue weighted by Gasteiger charge is 2.15.